The molecule has 1 N–H and O–H groups in total. The highest BCUT2D eigenvalue weighted by Gasteiger charge is 2.33. The van der Waals surface area contributed by atoms with E-state index in [2.05, 4.69) is 10.3 Å². The third kappa shape index (κ3) is 2.81. The quantitative estimate of drug-likeness (QED) is 0.517. The largest absolute Gasteiger partial charge is 0.454 e. The number of esters is 1. The number of nitro benzene ring substituents is 1. The molecule has 1 aromatic carbocycles. The van der Waals surface area contributed by atoms with Gasteiger partial charge in [-0.2, -0.15) is 0 Å². The number of anilines is 1. The molecule has 0 bridgehead atoms. The molecule has 0 radical (unpaired) electrons. The molecule has 1 amide bonds. The maximum absolute atomic E-state index is 11.6. The molecule has 0 fully saturated rings. The summed E-state index contributed by atoms with van der Waals surface area (Å²) in [7, 11) is 0. The topological polar surface area (TPSA) is 116 Å². The lowest BCUT2D eigenvalue weighted by atomic mass is 10.1. The van der Waals surface area contributed by atoms with E-state index in [0.29, 0.717) is 29.9 Å². The molecule has 3 rings (SSSR count). The number of imidazole rings is 1. The van der Waals surface area contributed by atoms with Crippen LogP contribution in [0.1, 0.15) is 44.2 Å². The minimum Gasteiger partial charge on any atom is -0.454 e. The van der Waals surface area contributed by atoms with Crippen LogP contribution in [0.2, 0.25) is 0 Å². The predicted molar refractivity (Wildman–Crippen MR) is 89.2 cm³/mol. The van der Waals surface area contributed by atoms with E-state index >= 15 is 0 Å². The van der Waals surface area contributed by atoms with E-state index in [1.165, 1.54) is 6.92 Å². The van der Waals surface area contributed by atoms with Crippen LogP contribution >= 0.6 is 0 Å². The second-order valence-corrected chi connectivity index (χ2v) is 5.97. The average molecular weight is 346 g/mol. The van der Waals surface area contributed by atoms with Crippen molar-refractivity contribution < 1.29 is 19.2 Å². The molecule has 9 heteroatoms. The average Bonchev–Trinajstić information content (AvgIpc) is 3.07. The van der Waals surface area contributed by atoms with Crippen LogP contribution < -0.4 is 5.32 Å². The molecule has 1 aliphatic heterocycles. The molecule has 1 aliphatic rings. The number of hydrogen-bond acceptors (Lipinski definition) is 6. The van der Waals surface area contributed by atoms with Crippen LogP contribution in [-0.2, 0) is 20.9 Å². The van der Waals surface area contributed by atoms with Gasteiger partial charge in [0.05, 0.1) is 10.4 Å². The summed E-state index contributed by atoms with van der Waals surface area (Å²) in [6, 6.07) is 1.76. The molecule has 0 saturated heterocycles. The number of carbonyl (C=O) groups excluding carboxylic acids is 2. The number of rotatable bonds is 4. The lowest BCUT2D eigenvalue weighted by Crippen LogP contribution is -2.10. The number of benzene rings is 1. The first-order valence-corrected chi connectivity index (χ1v) is 7.98. The second-order valence-electron chi connectivity index (χ2n) is 5.97. The second kappa shape index (κ2) is 6.15. The van der Waals surface area contributed by atoms with E-state index < -0.39 is 16.9 Å². The van der Waals surface area contributed by atoms with Crippen LogP contribution in [0.25, 0.3) is 11.0 Å². The van der Waals surface area contributed by atoms with Gasteiger partial charge in [-0.3, -0.25) is 19.7 Å². The fraction of sp³-hybridized carbons (Fsp3) is 0.438. The maximum atomic E-state index is 11.6. The number of aryl methyl sites for hydroxylation is 2. The Bertz CT molecular complexity index is 902. The highest BCUT2D eigenvalue weighted by molar-refractivity contribution is 6.00. The number of carbonyl (C=O) groups is 2. The summed E-state index contributed by atoms with van der Waals surface area (Å²) >= 11 is 0. The minimum absolute atomic E-state index is 0.142. The third-order valence-corrected chi connectivity index (χ3v) is 4.19. The summed E-state index contributed by atoms with van der Waals surface area (Å²) in [5.41, 5.74) is 1.26. The Morgan fingerprint density at radius 1 is 1.52 bits per heavy atom. The molecule has 1 atom stereocenters. The first-order valence-electron chi connectivity index (χ1n) is 7.98. The number of nitrogens with one attached hydrogen (secondary N) is 1. The van der Waals surface area contributed by atoms with Gasteiger partial charge in [0.1, 0.15) is 5.69 Å². The molecule has 1 aromatic heterocycles. The summed E-state index contributed by atoms with van der Waals surface area (Å²) < 4.78 is 7.21. The van der Waals surface area contributed by atoms with Crippen molar-refractivity contribution in [2.75, 3.05) is 5.32 Å². The Balaban J connectivity index is 2.19. The van der Waals surface area contributed by atoms with Crippen LogP contribution in [0.4, 0.5) is 11.4 Å². The Morgan fingerprint density at radius 3 is 2.84 bits per heavy atom. The smallest absolute Gasteiger partial charge is 0.320 e. The van der Waals surface area contributed by atoms with Gasteiger partial charge in [-0.15, -0.1) is 0 Å². The fourth-order valence-electron chi connectivity index (χ4n) is 3.11. The molecule has 25 heavy (non-hydrogen) atoms. The monoisotopic (exact) mass is 346 g/mol. The standard InChI is InChI=1S/C16H18N4O5/c1-4-12(22)25-11-5-6-19-10-7-8(2)13(17-9(3)21)15(20(23)24)14(10)18-16(11)19/h7,11H,4-6H2,1-3H3,(H,17,21). The molecule has 9 nitrogen and oxygen atoms in total. The van der Waals surface area contributed by atoms with Crippen LogP contribution in [-0.4, -0.2) is 26.4 Å². The zero-order valence-electron chi connectivity index (χ0n) is 14.2. The summed E-state index contributed by atoms with van der Waals surface area (Å²) in [5.74, 6) is -0.235. The summed E-state index contributed by atoms with van der Waals surface area (Å²) in [6.07, 6.45) is 0.330. The van der Waals surface area contributed by atoms with Crippen molar-refractivity contribution in [2.24, 2.45) is 0 Å². The molecular formula is C16H18N4O5. The molecular weight excluding hydrogens is 328 g/mol. The number of amides is 1. The van der Waals surface area contributed by atoms with Gasteiger partial charge < -0.3 is 14.6 Å². The predicted octanol–water partition coefficient (Wildman–Crippen LogP) is 2.61. The van der Waals surface area contributed by atoms with Crippen LogP contribution in [0.3, 0.4) is 0 Å². The van der Waals surface area contributed by atoms with Crippen LogP contribution in [0.15, 0.2) is 6.07 Å². The Morgan fingerprint density at radius 2 is 2.24 bits per heavy atom. The number of fused-ring (bicyclic) bond motifs is 3. The van der Waals surface area contributed by atoms with Gasteiger partial charge in [-0.1, -0.05) is 6.92 Å². The molecule has 2 heterocycles. The maximum Gasteiger partial charge on any atom is 0.320 e. The normalized spacial score (nSPS) is 15.9. The van der Waals surface area contributed by atoms with Crippen LogP contribution in [0, 0.1) is 17.0 Å². The van der Waals surface area contributed by atoms with Gasteiger partial charge in [0.25, 0.3) is 0 Å². The summed E-state index contributed by atoms with van der Waals surface area (Å²) in [5, 5.41) is 14.1. The number of ether oxygens (including phenoxy) is 1. The first kappa shape index (κ1) is 16.9. The highest BCUT2D eigenvalue weighted by atomic mass is 16.6. The van der Waals surface area contributed by atoms with Gasteiger partial charge in [0, 0.05) is 26.3 Å². The van der Waals surface area contributed by atoms with Crippen molar-refractivity contribution >= 4 is 34.3 Å². The summed E-state index contributed by atoms with van der Waals surface area (Å²) in [6.45, 7) is 5.25. The van der Waals surface area contributed by atoms with E-state index in [4.69, 9.17) is 4.74 Å². The number of hydrogen-bond donors (Lipinski definition) is 1. The molecule has 0 saturated carbocycles. The number of nitrogens with zero attached hydrogens (tertiary/aromatic N) is 3. The van der Waals surface area contributed by atoms with E-state index in [1.54, 1.807) is 19.9 Å². The molecule has 132 valence electrons. The summed E-state index contributed by atoms with van der Waals surface area (Å²) in [4.78, 5) is 38.4. The van der Waals surface area contributed by atoms with Crippen molar-refractivity contribution in [2.45, 2.75) is 46.3 Å². The van der Waals surface area contributed by atoms with Crippen molar-refractivity contribution in [1.82, 2.24) is 9.55 Å². The lowest BCUT2D eigenvalue weighted by Gasteiger charge is -2.09. The molecule has 0 aliphatic carbocycles. The Labute approximate surface area is 143 Å². The van der Waals surface area contributed by atoms with Gasteiger partial charge >= 0.3 is 11.7 Å². The zero-order valence-corrected chi connectivity index (χ0v) is 14.2. The zero-order chi connectivity index (χ0) is 18.3. The van der Waals surface area contributed by atoms with Gasteiger partial charge in [-0.25, -0.2) is 4.98 Å². The lowest BCUT2D eigenvalue weighted by molar-refractivity contribution is -0.382. The number of nitro groups is 1. The Hall–Kier alpha value is -2.97. The molecule has 1 unspecified atom stereocenters. The van der Waals surface area contributed by atoms with Crippen molar-refractivity contribution in [3.05, 3.63) is 27.6 Å². The van der Waals surface area contributed by atoms with Crippen molar-refractivity contribution in [3.8, 4) is 0 Å². The Kier molecular flexibility index (Phi) is 4.15. The fourth-order valence-corrected chi connectivity index (χ4v) is 3.11. The first-order chi connectivity index (χ1) is 11.8. The van der Waals surface area contributed by atoms with E-state index in [1.807, 2.05) is 4.57 Å². The SMILES string of the molecule is CCC(=O)OC1CCn2c1nc1c([N+](=O)[O-])c(NC(C)=O)c(C)cc12. The third-order valence-electron chi connectivity index (χ3n) is 4.19. The van der Waals surface area contributed by atoms with Gasteiger partial charge in [-0.05, 0) is 18.6 Å². The highest BCUT2D eigenvalue weighted by Crippen LogP contribution is 2.40. The van der Waals surface area contributed by atoms with Gasteiger partial charge in [0.2, 0.25) is 5.91 Å². The van der Waals surface area contributed by atoms with E-state index in [-0.39, 0.29) is 29.3 Å². The van der Waals surface area contributed by atoms with E-state index in [9.17, 15) is 19.7 Å². The molecule has 2 aromatic rings. The van der Waals surface area contributed by atoms with Crippen molar-refractivity contribution in [1.29, 1.82) is 0 Å². The van der Waals surface area contributed by atoms with Crippen LogP contribution in [0.5, 0.6) is 0 Å². The molecule has 0 spiro atoms. The van der Waals surface area contributed by atoms with Gasteiger partial charge in [0.15, 0.2) is 17.4 Å². The van der Waals surface area contributed by atoms with Crippen molar-refractivity contribution in [3.63, 3.8) is 0 Å². The van der Waals surface area contributed by atoms with E-state index in [0.717, 1.165) is 0 Å². The minimum atomic E-state index is -0.545. The number of aromatic nitrogens is 2.